The summed E-state index contributed by atoms with van der Waals surface area (Å²) in [7, 11) is 0. The molecule has 4 rings (SSSR count). The zero-order valence-corrected chi connectivity index (χ0v) is 12.5. The van der Waals surface area contributed by atoms with Crippen molar-refractivity contribution in [3.05, 3.63) is 41.1 Å². The Kier molecular flexibility index (Phi) is 3.18. The number of nitrogens with one attached hydrogen (secondary N) is 1. The molecule has 7 nitrogen and oxygen atoms in total. The summed E-state index contributed by atoms with van der Waals surface area (Å²) in [6, 6.07) is 3.78. The summed E-state index contributed by atoms with van der Waals surface area (Å²) in [6.45, 7) is 1.83. The van der Waals surface area contributed by atoms with Gasteiger partial charge in [-0.3, -0.25) is 4.79 Å². The summed E-state index contributed by atoms with van der Waals surface area (Å²) in [5.74, 6) is 0.958. The third kappa shape index (κ3) is 2.40. The van der Waals surface area contributed by atoms with E-state index in [1.54, 1.807) is 18.6 Å². The average Bonchev–Trinajstić information content (AvgIpc) is 3.09. The molecule has 7 heteroatoms. The second kappa shape index (κ2) is 5.35. The van der Waals surface area contributed by atoms with Gasteiger partial charge in [-0.05, 0) is 30.4 Å². The van der Waals surface area contributed by atoms with Gasteiger partial charge in [-0.15, -0.1) is 0 Å². The number of fused-ring (bicyclic) bond motifs is 1. The van der Waals surface area contributed by atoms with E-state index < -0.39 is 0 Å². The molecule has 3 aromatic heterocycles. The summed E-state index contributed by atoms with van der Waals surface area (Å²) in [5, 5.41) is 1.49. The predicted molar refractivity (Wildman–Crippen MR) is 89.2 cm³/mol. The monoisotopic (exact) mass is 308 g/mol. The zero-order valence-electron chi connectivity index (χ0n) is 12.5. The Bertz CT molecular complexity index is 912. The van der Waals surface area contributed by atoms with Crippen LogP contribution in [-0.2, 0) is 0 Å². The van der Waals surface area contributed by atoms with Crippen molar-refractivity contribution in [2.24, 2.45) is 0 Å². The molecule has 0 radical (unpaired) electrons. The van der Waals surface area contributed by atoms with E-state index in [4.69, 9.17) is 10.7 Å². The van der Waals surface area contributed by atoms with E-state index in [0.29, 0.717) is 5.39 Å². The Labute approximate surface area is 132 Å². The first-order valence-corrected chi connectivity index (χ1v) is 7.58. The Hall–Kier alpha value is -2.96. The van der Waals surface area contributed by atoms with Crippen LogP contribution in [0.5, 0.6) is 0 Å². The third-order valence-electron chi connectivity index (χ3n) is 4.11. The molecule has 1 fully saturated rings. The lowest BCUT2D eigenvalue weighted by molar-refractivity contribution is 0.945. The fourth-order valence-corrected chi connectivity index (χ4v) is 2.97. The minimum Gasteiger partial charge on any atom is -0.368 e. The number of nitrogens with zero attached hydrogens (tertiary/aromatic N) is 4. The van der Waals surface area contributed by atoms with Gasteiger partial charge < -0.3 is 15.6 Å². The minimum atomic E-state index is -0.114. The van der Waals surface area contributed by atoms with E-state index in [2.05, 4.69) is 19.9 Å². The normalized spacial score (nSPS) is 14.5. The van der Waals surface area contributed by atoms with Crippen molar-refractivity contribution in [2.45, 2.75) is 12.8 Å². The number of anilines is 2. The molecule has 3 aromatic rings. The van der Waals surface area contributed by atoms with Gasteiger partial charge in [-0.2, -0.15) is 0 Å². The van der Waals surface area contributed by atoms with Crippen molar-refractivity contribution in [1.29, 1.82) is 0 Å². The quantitative estimate of drug-likeness (QED) is 0.745. The summed E-state index contributed by atoms with van der Waals surface area (Å²) in [4.78, 5) is 30.0. The number of pyridine rings is 2. The Morgan fingerprint density at radius 3 is 2.65 bits per heavy atom. The molecule has 1 aliphatic heterocycles. The lowest BCUT2D eigenvalue weighted by Crippen LogP contribution is -2.22. The maximum Gasteiger partial charge on any atom is 0.259 e. The molecular weight excluding hydrogens is 292 g/mol. The lowest BCUT2D eigenvalue weighted by Gasteiger charge is -2.19. The van der Waals surface area contributed by atoms with E-state index in [0.717, 1.165) is 48.4 Å². The third-order valence-corrected chi connectivity index (χ3v) is 4.11. The second-order valence-electron chi connectivity index (χ2n) is 5.63. The molecule has 1 saturated heterocycles. The van der Waals surface area contributed by atoms with Crippen molar-refractivity contribution in [3.63, 3.8) is 0 Å². The molecule has 0 bridgehead atoms. The highest BCUT2D eigenvalue weighted by Gasteiger charge is 2.19. The van der Waals surface area contributed by atoms with Crippen LogP contribution < -0.4 is 16.2 Å². The first-order valence-electron chi connectivity index (χ1n) is 7.58. The van der Waals surface area contributed by atoms with E-state index in [1.165, 1.54) is 0 Å². The number of nitrogen functional groups attached to an aromatic ring is 1. The fourth-order valence-electron chi connectivity index (χ4n) is 2.97. The molecule has 23 heavy (non-hydrogen) atoms. The van der Waals surface area contributed by atoms with Crippen molar-refractivity contribution in [1.82, 2.24) is 19.9 Å². The van der Waals surface area contributed by atoms with Crippen LogP contribution in [-0.4, -0.2) is 33.0 Å². The van der Waals surface area contributed by atoms with Crippen LogP contribution in [0.3, 0.4) is 0 Å². The molecular formula is C16H16N6O. The summed E-state index contributed by atoms with van der Waals surface area (Å²) in [5.41, 5.74) is 6.95. The van der Waals surface area contributed by atoms with Gasteiger partial charge >= 0.3 is 0 Å². The molecule has 0 unspecified atom stereocenters. The highest BCUT2D eigenvalue weighted by atomic mass is 16.1. The summed E-state index contributed by atoms with van der Waals surface area (Å²) in [6.07, 6.45) is 7.18. The van der Waals surface area contributed by atoms with Crippen LogP contribution >= 0.6 is 0 Å². The Balaban J connectivity index is 1.96. The SMILES string of the molecule is Nc1ncc(-c2cc3cc[nH]c(=O)c3c(N3CCCC3)n2)cn1. The van der Waals surface area contributed by atoms with Gasteiger partial charge in [0.2, 0.25) is 5.95 Å². The van der Waals surface area contributed by atoms with Gasteiger partial charge in [0, 0.05) is 37.2 Å². The summed E-state index contributed by atoms with van der Waals surface area (Å²) >= 11 is 0. The second-order valence-corrected chi connectivity index (χ2v) is 5.63. The van der Waals surface area contributed by atoms with E-state index >= 15 is 0 Å². The van der Waals surface area contributed by atoms with Gasteiger partial charge in [0.25, 0.3) is 5.56 Å². The van der Waals surface area contributed by atoms with Gasteiger partial charge in [0.1, 0.15) is 5.82 Å². The van der Waals surface area contributed by atoms with Crippen LogP contribution in [0.15, 0.2) is 35.5 Å². The molecule has 1 aliphatic rings. The van der Waals surface area contributed by atoms with Crippen LogP contribution in [0.2, 0.25) is 0 Å². The number of aromatic nitrogens is 4. The smallest absolute Gasteiger partial charge is 0.259 e. The van der Waals surface area contributed by atoms with Crippen molar-refractivity contribution < 1.29 is 0 Å². The van der Waals surface area contributed by atoms with Crippen LogP contribution in [0.1, 0.15) is 12.8 Å². The number of H-pyrrole nitrogens is 1. The van der Waals surface area contributed by atoms with Crippen molar-refractivity contribution >= 4 is 22.5 Å². The molecule has 116 valence electrons. The van der Waals surface area contributed by atoms with Crippen LogP contribution in [0.4, 0.5) is 11.8 Å². The van der Waals surface area contributed by atoms with E-state index in [-0.39, 0.29) is 11.5 Å². The molecule has 3 N–H and O–H groups in total. The van der Waals surface area contributed by atoms with E-state index in [1.807, 2.05) is 12.1 Å². The Morgan fingerprint density at radius 1 is 1.17 bits per heavy atom. The molecule has 0 aliphatic carbocycles. The predicted octanol–water partition coefficient (Wildman–Crippen LogP) is 1.56. The molecule has 0 spiro atoms. The molecule has 0 atom stereocenters. The lowest BCUT2D eigenvalue weighted by atomic mass is 10.1. The molecule has 4 heterocycles. The van der Waals surface area contributed by atoms with Crippen LogP contribution in [0, 0.1) is 0 Å². The van der Waals surface area contributed by atoms with Gasteiger partial charge in [0.15, 0.2) is 0 Å². The molecule has 0 amide bonds. The minimum absolute atomic E-state index is 0.114. The maximum absolute atomic E-state index is 12.3. The highest BCUT2D eigenvalue weighted by Crippen LogP contribution is 2.29. The van der Waals surface area contributed by atoms with Crippen LogP contribution in [0.25, 0.3) is 22.0 Å². The van der Waals surface area contributed by atoms with Crippen molar-refractivity contribution in [3.8, 4) is 11.3 Å². The fraction of sp³-hybridized carbons (Fsp3) is 0.250. The number of hydrogen-bond donors (Lipinski definition) is 2. The average molecular weight is 308 g/mol. The Morgan fingerprint density at radius 2 is 1.91 bits per heavy atom. The largest absolute Gasteiger partial charge is 0.368 e. The van der Waals surface area contributed by atoms with Gasteiger partial charge in [-0.25, -0.2) is 15.0 Å². The molecule has 0 saturated carbocycles. The highest BCUT2D eigenvalue weighted by molar-refractivity contribution is 5.94. The van der Waals surface area contributed by atoms with E-state index in [9.17, 15) is 4.79 Å². The first kappa shape index (κ1) is 13.7. The number of aromatic amines is 1. The number of hydrogen-bond acceptors (Lipinski definition) is 6. The number of rotatable bonds is 2. The maximum atomic E-state index is 12.3. The van der Waals surface area contributed by atoms with Gasteiger partial charge in [-0.1, -0.05) is 0 Å². The topological polar surface area (TPSA) is 101 Å². The zero-order chi connectivity index (χ0) is 15.8. The standard InChI is InChI=1S/C16H16N6O/c17-16-19-8-11(9-20-16)12-7-10-3-4-18-15(23)13(10)14(21-12)22-5-1-2-6-22/h3-4,7-9H,1-2,5-6H2,(H,18,23)(H2,17,19,20). The summed E-state index contributed by atoms with van der Waals surface area (Å²) < 4.78 is 0. The van der Waals surface area contributed by atoms with Crippen molar-refractivity contribution in [2.75, 3.05) is 23.7 Å². The molecule has 0 aromatic carbocycles. The first-order chi connectivity index (χ1) is 11.2. The number of nitrogens with two attached hydrogens (primary N) is 1. The van der Waals surface area contributed by atoms with Gasteiger partial charge in [0.05, 0.1) is 11.1 Å².